The number of benzene rings is 2. The predicted molar refractivity (Wildman–Crippen MR) is 111 cm³/mol. The highest BCUT2D eigenvalue weighted by Gasteiger charge is 2.28. The van der Waals surface area contributed by atoms with E-state index in [4.69, 9.17) is 0 Å². The van der Waals surface area contributed by atoms with Gasteiger partial charge in [0.15, 0.2) is 0 Å². The first-order chi connectivity index (χ1) is 12.5. The van der Waals surface area contributed by atoms with Crippen LogP contribution in [0.25, 0.3) is 0 Å². The zero-order valence-electron chi connectivity index (χ0n) is 16.2. The molecule has 2 aromatic carbocycles. The monoisotopic (exact) mass is 403 g/mol. The molecular formula is C21H25NO3S2. The van der Waals surface area contributed by atoms with Gasteiger partial charge in [-0.1, -0.05) is 67.9 Å². The molecule has 0 radical (unpaired) electrons. The summed E-state index contributed by atoms with van der Waals surface area (Å²) in [6, 6.07) is 14.3. The van der Waals surface area contributed by atoms with Crippen molar-refractivity contribution in [2.45, 2.75) is 44.4 Å². The van der Waals surface area contributed by atoms with Crippen LogP contribution in [0.4, 0.5) is 0 Å². The third-order valence-electron chi connectivity index (χ3n) is 3.86. The molecule has 0 saturated heterocycles. The first kappa shape index (κ1) is 21.3. The van der Waals surface area contributed by atoms with E-state index in [1.807, 2.05) is 38.1 Å². The Morgan fingerprint density at radius 3 is 1.89 bits per heavy atom. The lowest BCUT2D eigenvalue weighted by molar-refractivity contribution is -0.127. The van der Waals surface area contributed by atoms with Crippen LogP contribution in [0.1, 0.15) is 31.9 Å². The Hall–Kier alpha value is -2.05. The summed E-state index contributed by atoms with van der Waals surface area (Å²) in [7, 11) is -3.84. The second-order valence-corrected chi connectivity index (χ2v) is 10.3. The Balaban J connectivity index is 2.41. The fraction of sp³-hybridized carbons (Fsp3) is 0.286. The van der Waals surface area contributed by atoms with Gasteiger partial charge in [-0.2, -0.15) is 0 Å². The van der Waals surface area contributed by atoms with Crippen LogP contribution in [0.3, 0.4) is 0 Å². The molecule has 0 atom stereocenters. The molecule has 6 heteroatoms. The van der Waals surface area contributed by atoms with E-state index in [1.165, 1.54) is 17.2 Å². The lowest BCUT2D eigenvalue weighted by atomic mass is 9.96. The number of nitrogens with one attached hydrogen (secondary N) is 1. The van der Waals surface area contributed by atoms with E-state index in [1.54, 1.807) is 45.0 Å². The summed E-state index contributed by atoms with van der Waals surface area (Å²) in [4.78, 5) is 13.5. The van der Waals surface area contributed by atoms with Gasteiger partial charge >= 0.3 is 0 Å². The normalized spacial score (nSPS) is 12.7. The number of hydrogen-bond donors (Lipinski definition) is 1. The molecule has 1 N–H and O–H groups in total. The lowest BCUT2D eigenvalue weighted by Gasteiger charge is -2.19. The van der Waals surface area contributed by atoms with E-state index in [0.717, 1.165) is 16.0 Å². The van der Waals surface area contributed by atoms with E-state index in [9.17, 15) is 13.2 Å². The van der Waals surface area contributed by atoms with E-state index in [0.29, 0.717) is 0 Å². The van der Waals surface area contributed by atoms with Gasteiger partial charge in [-0.15, -0.1) is 0 Å². The molecule has 2 aromatic rings. The van der Waals surface area contributed by atoms with Crippen LogP contribution in [0.15, 0.2) is 68.8 Å². The predicted octanol–water partition coefficient (Wildman–Crippen LogP) is 4.83. The number of carbonyl (C=O) groups is 1. The van der Waals surface area contributed by atoms with Crippen LogP contribution < -0.4 is 5.32 Å². The van der Waals surface area contributed by atoms with Crippen LogP contribution in [0, 0.1) is 19.3 Å². The van der Waals surface area contributed by atoms with Crippen molar-refractivity contribution in [3.8, 4) is 0 Å². The van der Waals surface area contributed by atoms with Crippen molar-refractivity contribution in [1.29, 1.82) is 0 Å². The van der Waals surface area contributed by atoms with Gasteiger partial charge in [-0.25, -0.2) is 8.42 Å². The summed E-state index contributed by atoms with van der Waals surface area (Å²) in [5.74, 6) is -0.353. The van der Waals surface area contributed by atoms with Crippen molar-refractivity contribution in [2.24, 2.45) is 5.41 Å². The minimum Gasteiger partial charge on any atom is -0.315 e. The number of aryl methyl sites for hydroxylation is 2. The summed E-state index contributed by atoms with van der Waals surface area (Å²) < 4.78 is 26.2. The summed E-state index contributed by atoms with van der Waals surface area (Å²) in [6.07, 6.45) is 0. The molecule has 0 saturated carbocycles. The summed E-state index contributed by atoms with van der Waals surface area (Å²) >= 11 is 1.26. The van der Waals surface area contributed by atoms with Crippen LogP contribution in [0.2, 0.25) is 0 Å². The van der Waals surface area contributed by atoms with Gasteiger partial charge in [-0.3, -0.25) is 4.79 Å². The summed E-state index contributed by atoms with van der Waals surface area (Å²) in [5.41, 5.74) is 1.38. The van der Waals surface area contributed by atoms with Gasteiger partial charge in [0.1, 0.15) is 5.03 Å². The molecule has 2 rings (SSSR count). The smallest absolute Gasteiger partial charge is 0.230 e. The molecule has 4 nitrogen and oxygen atoms in total. The van der Waals surface area contributed by atoms with Crippen molar-refractivity contribution in [3.63, 3.8) is 0 Å². The molecule has 27 heavy (non-hydrogen) atoms. The lowest BCUT2D eigenvalue weighted by Crippen LogP contribution is -2.36. The van der Waals surface area contributed by atoms with Gasteiger partial charge in [0.25, 0.3) is 0 Å². The van der Waals surface area contributed by atoms with E-state index in [-0.39, 0.29) is 15.8 Å². The first-order valence-electron chi connectivity index (χ1n) is 8.57. The number of amides is 1. The first-order valence-corrected chi connectivity index (χ1v) is 10.9. The maximum atomic E-state index is 13.1. The fourth-order valence-corrected chi connectivity index (χ4v) is 4.26. The van der Waals surface area contributed by atoms with Gasteiger partial charge in [0, 0.05) is 15.7 Å². The second kappa shape index (κ2) is 8.31. The van der Waals surface area contributed by atoms with Crippen LogP contribution in [0.5, 0.6) is 0 Å². The highest BCUT2D eigenvalue weighted by molar-refractivity contribution is 8.03. The van der Waals surface area contributed by atoms with Crippen LogP contribution in [-0.4, -0.2) is 14.3 Å². The number of carbonyl (C=O) groups excluding carboxylic acids is 1. The van der Waals surface area contributed by atoms with Gasteiger partial charge in [0.2, 0.25) is 15.7 Å². The summed E-state index contributed by atoms with van der Waals surface area (Å²) in [5, 5.41) is 3.98. The third kappa shape index (κ3) is 5.71. The maximum absolute atomic E-state index is 13.1. The van der Waals surface area contributed by atoms with E-state index in [2.05, 4.69) is 5.32 Å². The molecule has 0 aliphatic heterocycles. The minimum atomic E-state index is -3.84. The second-order valence-electron chi connectivity index (χ2n) is 7.43. The van der Waals surface area contributed by atoms with Gasteiger partial charge in [0.05, 0.1) is 4.90 Å². The highest BCUT2D eigenvalue weighted by atomic mass is 32.2. The molecule has 0 unspecified atom stereocenters. The molecular weight excluding hydrogens is 378 g/mol. The molecule has 0 fully saturated rings. The summed E-state index contributed by atoms with van der Waals surface area (Å²) in [6.45, 7) is 9.10. The van der Waals surface area contributed by atoms with Crippen molar-refractivity contribution >= 4 is 27.5 Å². The largest absolute Gasteiger partial charge is 0.315 e. The third-order valence-corrected chi connectivity index (χ3v) is 6.60. The topological polar surface area (TPSA) is 63.2 Å². The Morgan fingerprint density at radius 2 is 1.41 bits per heavy atom. The Bertz CT molecular complexity index is 936. The van der Waals surface area contributed by atoms with Crippen molar-refractivity contribution in [1.82, 2.24) is 5.32 Å². The maximum Gasteiger partial charge on any atom is 0.230 e. The average Bonchev–Trinajstić information content (AvgIpc) is 2.59. The van der Waals surface area contributed by atoms with Crippen molar-refractivity contribution < 1.29 is 13.2 Å². The highest BCUT2D eigenvalue weighted by Crippen LogP contribution is 2.26. The minimum absolute atomic E-state index is 0.114. The van der Waals surface area contributed by atoms with Gasteiger partial charge in [-0.05, 0) is 38.1 Å². The standard InChI is InChI=1S/C21H25NO3S2/c1-15-6-10-17(11-7-15)26-14-19(22-20(23)21(3,4)5)27(24,25)18-12-8-16(2)9-13-18/h6-14H,1-5H3,(H,22,23)/b19-14+. The zero-order valence-corrected chi connectivity index (χ0v) is 17.9. The molecule has 0 bridgehead atoms. The van der Waals surface area contributed by atoms with E-state index >= 15 is 0 Å². The molecule has 0 aromatic heterocycles. The average molecular weight is 404 g/mol. The number of thioether (sulfide) groups is 1. The SMILES string of the molecule is Cc1ccc(S/C=C(\NC(=O)C(C)(C)C)S(=O)(=O)c2ccc(C)cc2)cc1. The molecule has 0 aliphatic carbocycles. The number of sulfone groups is 1. The number of hydrogen-bond acceptors (Lipinski definition) is 4. The molecule has 0 heterocycles. The Morgan fingerprint density at radius 1 is 0.926 bits per heavy atom. The van der Waals surface area contributed by atoms with Gasteiger partial charge < -0.3 is 5.32 Å². The van der Waals surface area contributed by atoms with Crippen LogP contribution in [-0.2, 0) is 14.6 Å². The Kier molecular flexibility index (Phi) is 6.54. The molecule has 1 amide bonds. The quantitative estimate of drug-likeness (QED) is 0.726. The Labute approximate surface area is 166 Å². The van der Waals surface area contributed by atoms with Crippen molar-refractivity contribution in [3.05, 3.63) is 70.1 Å². The molecule has 0 aliphatic rings. The fourth-order valence-electron chi connectivity index (χ4n) is 2.04. The number of rotatable bonds is 5. The zero-order chi connectivity index (χ0) is 20.2. The van der Waals surface area contributed by atoms with Crippen molar-refractivity contribution in [2.75, 3.05) is 0 Å². The van der Waals surface area contributed by atoms with Crippen LogP contribution >= 0.6 is 11.8 Å². The van der Waals surface area contributed by atoms with E-state index < -0.39 is 15.3 Å². The molecule has 0 spiro atoms. The molecule has 144 valence electrons.